The minimum atomic E-state index is -1.18. The SMILES string of the molecule is C=CCCN1CCc2c([nH]c3ccccc23)[C@H]1c1c(F)cc(/C=C/C(=O)O)cc1F. The van der Waals surface area contributed by atoms with Gasteiger partial charge in [0.1, 0.15) is 11.6 Å². The fraction of sp³-hybridized carbons (Fsp3) is 0.208. The molecule has 0 spiro atoms. The van der Waals surface area contributed by atoms with E-state index in [4.69, 9.17) is 5.11 Å². The minimum absolute atomic E-state index is 0.0287. The number of hydrogen-bond acceptors (Lipinski definition) is 2. The van der Waals surface area contributed by atoms with Gasteiger partial charge in [-0.25, -0.2) is 13.6 Å². The van der Waals surface area contributed by atoms with Gasteiger partial charge in [0.15, 0.2) is 0 Å². The Kier molecular flexibility index (Phi) is 5.50. The number of aromatic amines is 1. The molecule has 30 heavy (non-hydrogen) atoms. The number of hydrogen-bond donors (Lipinski definition) is 2. The molecule has 2 heterocycles. The van der Waals surface area contributed by atoms with Crippen molar-refractivity contribution in [2.45, 2.75) is 18.9 Å². The Hall–Kier alpha value is -3.25. The number of rotatable bonds is 6. The van der Waals surface area contributed by atoms with E-state index < -0.39 is 23.6 Å². The van der Waals surface area contributed by atoms with Crippen LogP contribution >= 0.6 is 0 Å². The molecule has 0 bridgehead atoms. The van der Waals surface area contributed by atoms with Crippen molar-refractivity contribution in [2.24, 2.45) is 0 Å². The van der Waals surface area contributed by atoms with Crippen LogP contribution in [0.4, 0.5) is 8.78 Å². The highest BCUT2D eigenvalue weighted by Gasteiger charge is 2.34. The molecule has 0 saturated carbocycles. The summed E-state index contributed by atoms with van der Waals surface area (Å²) in [4.78, 5) is 16.2. The predicted molar refractivity (Wildman–Crippen MR) is 113 cm³/mol. The molecule has 0 amide bonds. The van der Waals surface area contributed by atoms with Crippen molar-refractivity contribution < 1.29 is 18.7 Å². The standard InChI is InChI=1S/C24H22F2N2O2/c1-2-3-11-28-12-10-17-16-6-4-5-7-20(16)27-23(17)24(28)22-18(25)13-15(14-19(22)26)8-9-21(29)30/h2,4-9,13-14,24,27H,1,3,10-12H2,(H,29,30)/b9-8+/t24-/m1/s1. The van der Waals surface area contributed by atoms with Gasteiger partial charge in [-0.3, -0.25) is 4.90 Å². The molecule has 154 valence electrons. The third-order valence-electron chi connectivity index (χ3n) is 5.55. The first kappa shape index (κ1) is 20.0. The number of para-hydroxylation sites is 1. The molecule has 1 aromatic heterocycles. The van der Waals surface area contributed by atoms with Crippen LogP contribution in [0.5, 0.6) is 0 Å². The second-order valence-electron chi connectivity index (χ2n) is 7.40. The number of carbonyl (C=O) groups is 1. The number of H-pyrrole nitrogens is 1. The lowest BCUT2D eigenvalue weighted by Crippen LogP contribution is -2.37. The van der Waals surface area contributed by atoms with Crippen molar-refractivity contribution in [3.05, 3.63) is 89.1 Å². The molecular weight excluding hydrogens is 386 g/mol. The maximum atomic E-state index is 15.2. The average molecular weight is 408 g/mol. The Balaban J connectivity index is 1.85. The number of aromatic nitrogens is 1. The summed E-state index contributed by atoms with van der Waals surface area (Å²) < 4.78 is 30.4. The number of aliphatic carboxylic acids is 1. The number of halogens is 2. The molecule has 4 rings (SSSR count). The van der Waals surface area contributed by atoms with Gasteiger partial charge in [0.25, 0.3) is 0 Å². The van der Waals surface area contributed by atoms with E-state index in [-0.39, 0.29) is 11.1 Å². The Morgan fingerprint density at radius 2 is 2.00 bits per heavy atom. The normalized spacial score (nSPS) is 16.8. The van der Waals surface area contributed by atoms with Gasteiger partial charge in [0.2, 0.25) is 0 Å². The highest BCUT2D eigenvalue weighted by atomic mass is 19.1. The van der Waals surface area contributed by atoms with Crippen LogP contribution in [0.25, 0.3) is 17.0 Å². The molecule has 1 atom stereocenters. The third kappa shape index (κ3) is 3.66. The van der Waals surface area contributed by atoms with Crippen LogP contribution < -0.4 is 0 Å². The molecule has 1 aliphatic rings. The van der Waals surface area contributed by atoms with Crippen molar-refractivity contribution in [3.8, 4) is 0 Å². The van der Waals surface area contributed by atoms with E-state index >= 15 is 8.78 Å². The van der Waals surface area contributed by atoms with Gasteiger partial charge in [0.05, 0.1) is 6.04 Å². The van der Waals surface area contributed by atoms with Crippen molar-refractivity contribution in [3.63, 3.8) is 0 Å². The number of nitrogens with one attached hydrogen (secondary N) is 1. The largest absolute Gasteiger partial charge is 0.478 e. The van der Waals surface area contributed by atoms with Crippen molar-refractivity contribution in [1.82, 2.24) is 9.88 Å². The predicted octanol–water partition coefficient (Wildman–Crippen LogP) is 5.07. The number of nitrogens with zero attached hydrogens (tertiary/aromatic N) is 1. The molecule has 0 aliphatic carbocycles. The summed E-state index contributed by atoms with van der Waals surface area (Å²) in [5, 5.41) is 9.85. The molecule has 2 N–H and O–H groups in total. The fourth-order valence-electron chi connectivity index (χ4n) is 4.24. The lowest BCUT2D eigenvalue weighted by atomic mass is 9.91. The average Bonchev–Trinajstić information content (AvgIpc) is 3.09. The zero-order valence-electron chi connectivity index (χ0n) is 16.4. The van der Waals surface area contributed by atoms with E-state index in [1.807, 2.05) is 24.3 Å². The van der Waals surface area contributed by atoms with E-state index in [2.05, 4.69) is 16.5 Å². The summed E-state index contributed by atoms with van der Waals surface area (Å²) in [6.45, 7) is 5.07. The van der Waals surface area contributed by atoms with E-state index in [0.717, 1.165) is 34.7 Å². The maximum absolute atomic E-state index is 15.2. The Morgan fingerprint density at radius 3 is 2.70 bits per heavy atom. The first-order valence-electron chi connectivity index (χ1n) is 9.84. The zero-order valence-corrected chi connectivity index (χ0v) is 16.4. The Bertz CT molecular complexity index is 1130. The Labute approximate surface area is 173 Å². The molecule has 6 heteroatoms. The van der Waals surface area contributed by atoms with Crippen LogP contribution in [0.1, 0.15) is 34.8 Å². The number of fused-ring (bicyclic) bond motifs is 3. The van der Waals surface area contributed by atoms with Crippen LogP contribution in [0.2, 0.25) is 0 Å². The van der Waals surface area contributed by atoms with Crippen LogP contribution in [-0.4, -0.2) is 34.0 Å². The van der Waals surface area contributed by atoms with Gasteiger partial charge in [-0.15, -0.1) is 6.58 Å². The second kappa shape index (κ2) is 8.24. The summed E-state index contributed by atoms with van der Waals surface area (Å²) >= 11 is 0. The molecule has 1 aliphatic heterocycles. The summed E-state index contributed by atoms with van der Waals surface area (Å²) in [5.41, 5.74) is 2.97. The van der Waals surface area contributed by atoms with Crippen LogP contribution in [0, 0.1) is 11.6 Å². The van der Waals surface area contributed by atoms with Crippen molar-refractivity contribution in [1.29, 1.82) is 0 Å². The molecule has 0 saturated heterocycles. The van der Waals surface area contributed by atoms with E-state index in [1.165, 1.54) is 18.2 Å². The summed E-state index contributed by atoms with van der Waals surface area (Å²) in [7, 11) is 0. The quantitative estimate of drug-likeness (QED) is 0.442. The molecule has 0 unspecified atom stereocenters. The monoisotopic (exact) mass is 408 g/mol. The van der Waals surface area contributed by atoms with Gasteiger partial charge < -0.3 is 10.1 Å². The van der Waals surface area contributed by atoms with Crippen LogP contribution in [-0.2, 0) is 11.2 Å². The summed E-state index contributed by atoms with van der Waals surface area (Å²) in [6, 6.07) is 9.64. The van der Waals surface area contributed by atoms with Crippen molar-refractivity contribution >= 4 is 22.9 Å². The number of carboxylic acids is 1. The topological polar surface area (TPSA) is 56.3 Å². The Morgan fingerprint density at radius 1 is 1.27 bits per heavy atom. The zero-order chi connectivity index (χ0) is 21.3. The maximum Gasteiger partial charge on any atom is 0.328 e. The van der Waals surface area contributed by atoms with Crippen LogP contribution in [0.15, 0.2) is 55.1 Å². The van der Waals surface area contributed by atoms with Gasteiger partial charge in [0, 0.05) is 41.3 Å². The summed E-state index contributed by atoms with van der Waals surface area (Å²) in [6.07, 6.45) is 5.33. The lowest BCUT2D eigenvalue weighted by molar-refractivity contribution is -0.131. The molecular formula is C24H22F2N2O2. The van der Waals surface area contributed by atoms with Gasteiger partial charge in [-0.1, -0.05) is 24.3 Å². The number of benzene rings is 2. The molecule has 0 fully saturated rings. The van der Waals surface area contributed by atoms with Gasteiger partial charge in [-0.2, -0.15) is 0 Å². The lowest BCUT2D eigenvalue weighted by Gasteiger charge is -2.36. The van der Waals surface area contributed by atoms with E-state index in [0.29, 0.717) is 19.5 Å². The van der Waals surface area contributed by atoms with Crippen molar-refractivity contribution in [2.75, 3.05) is 13.1 Å². The first-order valence-corrected chi connectivity index (χ1v) is 9.84. The molecule has 2 aromatic carbocycles. The number of carboxylic acid groups (broad SMARTS) is 1. The van der Waals surface area contributed by atoms with Crippen LogP contribution in [0.3, 0.4) is 0 Å². The molecule has 0 radical (unpaired) electrons. The smallest absolute Gasteiger partial charge is 0.328 e. The molecule has 4 nitrogen and oxygen atoms in total. The highest BCUT2D eigenvalue weighted by Crippen LogP contribution is 2.40. The molecule has 3 aromatic rings. The second-order valence-corrected chi connectivity index (χ2v) is 7.40. The van der Waals surface area contributed by atoms with Gasteiger partial charge >= 0.3 is 5.97 Å². The minimum Gasteiger partial charge on any atom is -0.478 e. The first-order chi connectivity index (χ1) is 14.5. The third-order valence-corrected chi connectivity index (χ3v) is 5.55. The van der Waals surface area contributed by atoms with E-state index in [1.54, 1.807) is 6.08 Å². The van der Waals surface area contributed by atoms with Gasteiger partial charge in [-0.05, 0) is 48.2 Å². The van der Waals surface area contributed by atoms with E-state index in [9.17, 15) is 4.79 Å². The summed E-state index contributed by atoms with van der Waals surface area (Å²) in [5.74, 6) is -2.56. The highest BCUT2D eigenvalue weighted by molar-refractivity contribution is 5.86. The fourth-order valence-corrected chi connectivity index (χ4v) is 4.24.